The van der Waals surface area contributed by atoms with Gasteiger partial charge >= 0.3 is 0 Å². The van der Waals surface area contributed by atoms with Crippen LogP contribution in [-0.2, 0) is 17.8 Å². The maximum absolute atomic E-state index is 12.3. The summed E-state index contributed by atoms with van der Waals surface area (Å²) in [4.78, 5) is 19.4. The van der Waals surface area contributed by atoms with Crippen LogP contribution < -0.4 is 10.9 Å². The number of H-pyrrole nitrogens is 1. The van der Waals surface area contributed by atoms with Crippen molar-refractivity contribution < 1.29 is 4.74 Å². The minimum Gasteiger partial charge on any atom is -0.385 e. The number of nitrogens with one attached hydrogen (secondary N) is 2. The molecule has 0 saturated carbocycles. The fourth-order valence-corrected chi connectivity index (χ4v) is 3.02. The molecule has 0 amide bonds. The highest BCUT2D eigenvalue weighted by molar-refractivity contribution is 6.42. The Morgan fingerprint density at radius 2 is 2.07 bits per heavy atom. The molecule has 0 atom stereocenters. The highest BCUT2D eigenvalue weighted by atomic mass is 35.5. The van der Waals surface area contributed by atoms with Gasteiger partial charge < -0.3 is 10.1 Å². The summed E-state index contributed by atoms with van der Waals surface area (Å²) in [5, 5.41) is 8.42. The van der Waals surface area contributed by atoms with Crippen molar-refractivity contribution in [1.29, 1.82) is 0 Å². The summed E-state index contributed by atoms with van der Waals surface area (Å²) in [6, 6.07) is 5.37. The quantitative estimate of drug-likeness (QED) is 0.524. The number of benzene rings is 1. The van der Waals surface area contributed by atoms with Gasteiger partial charge in [0.05, 0.1) is 16.2 Å². The van der Waals surface area contributed by atoms with Crippen molar-refractivity contribution in [3.05, 3.63) is 50.4 Å². The topological polar surface area (TPSA) is 84.8 Å². The largest absolute Gasteiger partial charge is 0.385 e. The molecule has 0 fully saturated rings. The molecule has 2 heterocycles. The van der Waals surface area contributed by atoms with Gasteiger partial charge in [0.15, 0.2) is 5.52 Å². The summed E-state index contributed by atoms with van der Waals surface area (Å²) >= 11 is 11.9. The van der Waals surface area contributed by atoms with Crippen molar-refractivity contribution >= 4 is 40.2 Å². The number of halogens is 2. The summed E-state index contributed by atoms with van der Waals surface area (Å²) in [5.74, 6) is 0.387. The number of methoxy groups -OCH3 is 1. The number of rotatable bonds is 9. The molecule has 0 unspecified atom stereocenters. The monoisotopic (exact) mass is 409 g/mol. The molecule has 0 aliphatic rings. The van der Waals surface area contributed by atoms with Gasteiger partial charge in [0.25, 0.3) is 5.56 Å². The van der Waals surface area contributed by atoms with Crippen molar-refractivity contribution in [2.45, 2.75) is 32.4 Å². The van der Waals surface area contributed by atoms with E-state index in [-0.39, 0.29) is 5.56 Å². The number of aromatic nitrogens is 4. The Morgan fingerprint density at radius 3 is 2.85 bits per heavy atom. The molecule has 1 aromatic carbocycles. The van der Waals surface area contributed by atoms with E-state index in [2.05, 4.69) is 20.4 Å². The molecule has 0 aliphatic heterocycles. The predicted octanol–water partition coefficient (Wildman–Crippen LogP) is 3.86. The van der Waals surface area contributed by atoms with Gasteiger partial charge in [-0.15, -0.1) is 0 Å². The van der Waals surface area contributed by atoms with E-state index in [1.807, 2.05) is 6.07 Å². The fraction of sp³-hybridized carbons (Fsp3) is 0.389. The third kappa shape index (κ3) is 5.22. The normalized spacial score (nSPS) is 11.2. The molecule has 27 heavy (non-hydrogen) atoms. The van der Waals surface area contributed by atoms with Crippen LogP contribution in [0.1, 0.15) is 24.8 Å². The van der Waals surface area contributed by atoms with Crippen LogP contribution in [0, 0.1) is 0 Å². The lowest BCUT2D eigenvalue weighted by molar-refractivity contribution is 0.191. The number of hydrogen-bond acceptors (Lipinski definition) is 5. The lowest BCUT2D eigenvalue weighted by Gasteiger charge is -2.06. The van der Waals surface area contributed by atoms with Gasteiger partial charge in [-0.05, 0) is 37.0 Å². The van der Waals surface area contributed by atoms with Gasteiger partial charge in [-0.1, -0.05) is 29.3 Å². The molecule has 0 bridgehead atoms. The number of ether oxygens (including phenoxy) is 1. The number of nitrogens with zero attached hydrogens (tertiary/aromatic N) is 3. The van der Waals surface area contributed by atoms with E-state index >= 15 is 0 Å². The molecule has 0 aliphatic carbocycles. The second-order valence-electron chi connectivity index (χ2n) is 6.20. The molecule has 3 rings (SSSR count). The average Bonchev–Trinajstić information content (AvgIpc) is 3.06. The lowest BCUT2D eigenvalue weighted by atomic mass is 10.2. The van der Waals surface area contributed by atoms with E-state index in [1.54, 1.807) is 30.1 Å². The number of aryl methyl sites for hydroxylation is 1. The fourth-order valence-electron chi connectivity index (χ4n) is 2.70. The maximum Gasteiger partial charge on any atom is 0.280 e. The Bertz CT molecular complexity index is 970. The van der Waals surface area contributed by atoms with Crippen LogP contribution in [-0.4, -0.2) is 33.5 Å². The van der Waals surface area contributed by atoms with Gasteiger partial charge in [0.1, 0.15) is 5.52 Å². The smallest absolute Gasteiger partial charge is 0.280 e. The first-order chi connectivity index (χ1) is 13.1. The second-order valence-corrected chi connectivity index (χ2v) is 7.01. The Morgan fingerprint density at radius 1 is 1.22 bits per heavy atom. The molecular formula is C18H21Cl2N5O2. The van der Waals surface area contributed by atoms with E-state index in [1.165, 1.54) is 0 Å². The van der Waals surface area contributed by atoms with Gasteiger partial charge in [-0.3, -0.25) is 14.5 Å². The first-order valence-electron chi connectivity index (χ1n) is 8.71. The summed E-state index contributed by atoms with van der Waals surface area (Å²) in [7, 11) is 1.70. The Kier molecular flexibility index (Phi) is 6.71. The lowest BCUT2D eigenvalue weighted by Crippen LogP contribution is -2.13. The number of fused-ring (bicyclic) bond motifs is 1. The van der Waals surface area contributed by atoms with Crippen LogP contribution in [0.4, 0.5) is 5.95 Å². The first-order valence-corrected chi connectivity index (χ1v) is 9.46. The van der Waals surface area contributed by atoms with Gasteiger partial charge in [-0.2, -0.15) is 5.10 Å². The van der Waals surface area contributed by atoms with Gasteiger partial charge in [0.2, 0.25) is 5.95 Å². The minimum atomic E-state index is -0.269. The summed E-state index contributed by atoms with van der Waals surface area (Å²) < 4.78 is 6.81. The number of unbranched alkanes of at least 4 members (excludes halogenated alkanes) is 2. The van der Waals surface area contributed by atoms with Crippen LogP contribution >= 0.6 is 23.2 Å². The molecule has 7 nitrogen and oxygen atoms in total. The summed E-state index contributed by atoms with van der Waals surface area (Å²) in [5.41, 5.74) is 1.56. The predicted molar refractivity (Wildman–Crippen MR) is 108 cm³/mol. The zero-order valence-electron chi connectivity index (χ0n) is 15.0. The maximum atomic E-state index is 12.3. The first kappa shape index (κ1) is 19.7. The molecule has 9 heteroatoms. The van der Waals surface area contributed by atoms with Crippen molar-refractivity contribution in [3.63, 3.8) is 0 Å². The van der Waals surface area contributed by atoms with E-state index in [0.717, 1.165) is 38.0 Å². The highest BCUT2D eigenvalue weighted by Gasteiger charge is 2.09. The van der Waals surface area contributed by atoms with Crippen molar-refractivity contribution in [2.75, 3.05) is 19.0 Å². The Balaban J connectivity index is 1.66. The molecule has 2 aromatic heterocycles. The van der Waals surface area contributed by atoms with Crippen molar-refractivity contribution in [3.8, 4) is 0 Å². The number of aromatic amines is 1. The number of hydrogen-bond donors (Lipinski definition) is 2. The van der Waals surface area contributed by atoms with E-state index < -0.39 is 0 Å². The minimum absolute atomic E-state index is 0.269. The third-order valence-electron chi connectivity index (χ3n) is 4.10. The molecule has 0 spiro atoms. The van der Waals surface area contributed by atoms with Gasteiger partial charge in [-0.25, -0.2) is 4.98 Å². The molecule has 144 valence electrons. The molecule has 0 saturated heterocycles. The highest BCUT2D eigenvalue weighted by Crippen LogP contribution is 2.22. The van der Waals surface area contributed by atoms with Crippen molar-refractivity contribution in [1.82, 2.24) is 19.7 Å². The van der Waals surface area contributed by atoms with Crippen LogP contribution in [0.25, 0.3) is 11.0 Å². The third-order valence-corrected chi connectivity index (χ3v) is 4.84. The van der Waals surface area contributed by atoms with Gasteiger partial charge in [0, 0.05) is 26.8 Å². The summed E-state index contributed by atoms with van der Waals surface area (Å²) in [6.07, 6.45) is 4.83. The molecule has 3 aromatic rings. The van der Waals surface area contributed by atoms with Crippen LogP contribution in [0.15, 0.2) is 29.2 Å². The zero-order chi connectivity index (χ0) is 19.2. The molecule has 0 radical (unpaired) electrons. The van der Waals surface area contributed by atoms with E-state index in [0.29, 0.717) is 33.6 Å². The van der Waals surface area contributed by atoms with Crippen LogP contribution in [0.5, 0.6) is 0 Å². The van der Waals surface area contributed by atoms with E-state index in [4.69, 9.17) is 27.9 Å². The molecular weight excluding hydrogens is 389 g/mol. The second kappa shape index (κ2) is 9.21. The Labute approximate surface area is 166 Å². The van der Waals surface area contributed by atoms with Crippen LogP contribution in [0.3, 0.4) is 0 Å². The molecule has 2 N–H and O–H groups in total. The number of anilines is 1. The standard InChI is InChI=1S/C18H21Cl2N5O2/c1-27-8-4-2-3-7-25-11-15-16(24-25)17(26)23-18(22-15)21-10-12-5-6-13(19)14(20)9-12/h5-6,9,11H,2-4,7-8,10H2,1H3,(H2,21,22,23,26). The van der Waals surface area contributed by atoms with Crippen molar-refractivity contribution in [2.24, 2.45) is 0 Å². The Hall–Kier alpha value is -2.09. The zero-order valence-corrected chi connectivity index (χ0v) is 16.5. The van der Waals surface area contributed by atoms with Crippen LogP contribution in [0.2, 0.25) is 10.0 Å². The van der Waals surface area contributed by atoms with E-state index in [9.17, 15) is 4.79 Å². The average molecular weight is 410 g/mol. The SMILES string of the molecule is COCCCCCn1cc2nc(NCc3ccc(Cl)c(Cl)c3)[nH]c(=O)c2n1. The summed E-state index contributed by atoms with van der Waals surface area (Å²) in [6.45, 7) is 1.96.